The summed E-state index contributed by atoms with van der Waals surface area (Å²) in [6.45, 7) is 6.46. The lowest BCUT2D eigenvalue weighted by molar-refractivity contribution is -0.135. The molecule has 2 heterocycles. The molecule has 0 saturated carbocycles. The summed E-state index contributed by atoms with van der Waals surface area (Å²) in [6, 6.07) is 3.81. The number of hydrogen-bond acceptors (Lipinski definition) is 3. The van der Waals surface area contributed by atoms with Crippen LogP contribution in [0.1, 0.15) is 33.1 Å². The molecule has 1 aromatic rings. The maximum absolute atomic E-state index is 11.9. The van der Waals surface area contributed by atoms with Crippen LogP contribution in [0.5, 0.6) is 5.75 Å². The van der Waals surface area contributed by atoms with Crippen LogP contribution < -0.4 is 4.74 Å². The van der Waals surface area contributed by atoms with E-state index in [1.54, 1.807) is 12.4 Å². The van der Waals surface area contributed by atoms with Crippen LogP contribution in [-0.4, -0.2) is 35.5 Å². The van der Waals surface area contributed by atoms with Gasteiger partial charge in [0, 0.05) is 25.2 Å². The molecule has 4 heteroatoms. The maximum atomic E-state index is 11.9. The molecular formula is C16H24N2O2. The van der Waals surface area contributed by atoms with Crippen molar-refractivity contribution >= 4 is 5.91 Å². The number of carbonyl (C=O) groups is 1. The van der Waals surface area contributed by atoms with Gasteiger partial charge in [-0.2, -0.15) is 0 Å². The Kier molecular flexibility index (Phi) is 5.39. The molecule has 1 saturated heterocycles. The smallest absolute Gasteiger partial charge is 0.225 e. The van der Waals surface area contributed by atoms with Crippen LogP contribution in [0.2, 0.25) is 0 Å². The zero-order valence-electron chi connectivity index (χ0n) is 12.4. The minimum Gasteiger partial charge on any atom is -0.492 e. The van der Waals surface area contributed by atoms with Crippen LogP contribution in [0.3, 0.4) is 0 Å². The Morgan fingerprint density at radius 1 is 1.45 bits per heavy atom. The third-order valence-corrected chi connectivity index (χ3v) is 3.85. The number of ether oxygens (including phenoxy) is 1. The average Bonchev–Trinajstić information content (AvgIpc) is 2.48. The van der Waals surface area contributed by atoms with E-state index in [4.69, 9.17) is 4.74 Å². The molecular weight excluding hydrogens is 252 g/mol. The highest BCUT2D eigenvalue weighted by atomic mass is 16.5. The summed E-state index contributed by atoms with van der Waals surface area (Å²) in [5, 5.41) is 0. The second-order valence-electron chi connectivity index (χ2n) is 5.75. The maximum Gasteiger partial charge on any atom is 0.225 e. The molecule has 1 amide bonds. The number of aromatic nitrogens is 1. The topological polar surface area (TPSA) is 42.4 Å². The van der Waals surface area contributed by atoms with Crippen LogP contribution in [0, 0.1) is 11.8 Å². The van der Waals surface area contributed by atoms with Crippen LogP contribution in [-0.2, 0) is 4.79 Å². The zero-order valence-corrected chi connectivity index (χ0v) is 12.4. The van der Waals surface area contributed by atoms with Crippen molar-refractivity contribution in [3.05, 3.63) is 24.5 Å². The van der Waals surface area contributed by atoms with E-state index in [-0.39, 0.29) is 11.8 Å². The lowest BCUT2D eigenvalue weighted by Crippen LogP contribution is -2.40. The van der Waals surface area contributed by atoms with Gasteiger partial charge < -0.3 is 9.64 Å². The summed E-state index contributed by atoms with van der Waals surface area (Å²) >= 11 is 0. The van der Waals surface area contributed by atoms with E-state index in [0.29, 0.717) is 5.92 Å². The molecule has 0 N–H and O–H groups in total. The van der Waals surface area contributed by atoms with Crippen LogP contribution >= 0.6 is 0 Å². The van der Waals surface area contributed by atoms with Gasteiger partial charge in [-0.3, -0.25) is 9.78 Å². The first-order valence-electron chi connectivity index (χ1n) is 7.48. The van der Waals surface area contributed by atoms with Crippen LogP contribution in [0.15, 0.2) is 24.5 Å². The van der Waals surface area contributed by atoms with Crippen molar-refractivity contribution in [1.82, 2.24) is 9.88 Å². The summed E-state index contributed by atoms with van der Waals surface area (Å²) in [4.78, 5) is 17.9. The molecule has 0 atom stereocenters. The van der Waals surface area contributed by atoms with Crippen molar-refractivity contribution in [2.45, 2.75) is 33.1 Å². The first-order valence-corrected chi connectivity index (χ1v) is 7.48. The SMILES string of the molecule is CC(C)C(=O)N1CCC(CCOc2cccnc2)CC1. The molecule has 2 rings (SSSR count). The molecule has 1 aliphatic heterocycles. The zero-order chi connectivity index (χ0) is 14.4. The standard InChI is InChI=1S/C16H24N2O2/c1-13(2)16(19)18-9-5-14(6-10-18)7-11-20-15-4-3-8-17-12-15/h3-4,8,12-14H,5-7,9-11H2,1-2H3. The number of carbonyl (C=O) groups excluding carboxylic acids is 1. The van der Waals surface area contributed by atoms with Gasteiger partial charge in [0.2, 0.25) is 5.91 Å². The second kappa shape index (κ2) is 7.27. The lowest BCUT2D eigenvalue weighted by atomic mass is 9.93. The Morgan fingerprint density at radius 2 is 2.20 bits per heavy atom. The number of hydrogen-bond donors (Lipinski definition) is 0. The summed E-state index contributed by atoms with van der Waals surface area (Å²) in [6.07, 6.45) is 6.72. The molecule has 20 heavy (non-hydrogen) atoms. The minimum absolute atomic E-state index is 0.112. The van der Waals surface area contributed by atoms with Crippen molar-refractivity contribution in [2.24, 2.45) is 11.8 Å². The fourth-order valence-corrected chi connectivity index (χ4v) is 2.58. The number of pyridine rings is 1. The molecule has 1 fully saturated rings. The van der Waals surface area contributed by atoms with E-state index in [2.05, 4.69) is 4.98 Å². The van der Waals surface area contributed by atoms with E-state index < -0.39 is 0 Å². The Balaban J connectivity index is 1.66. The van der Waals surface area contributed by atoms with Crippen LogP contribution in [0.4, 0.5) is 0 Å². The van der Waals surface area contributed by atoms with E-state index >= 15 is 0 Å². The highest BCUT2D eigenvalue weighted by Gasteiger charge is 2.23. The van der Waals surface area contributed by atoms with Gasteiger partial charge in [0.05, 0.1) is 12.8 Å². The second-order valence-corrected chi connectivity index (χ2v) is 5.75. The predicted molar refractivity (Wildman–Crippen MR) is 78.5 cm³/mol. The Labute approximate surface area is 121 Å². The van der Waals surface area contributed by atoms with E-state index in [0.717, 1.165) is 44.7 Å². The normalized spacial score (nSPS) is 16.4. The molecule has 0 unspecified atom stereocenters. The number of amides is 1. The molecule has 1 aliphatic rings. The Bertz CT molecular complexity index is 412. The van der Waals surface area contributed by atoms with E-state index in [1.165, 1.54) is 0 Å². The molecule has 0 aliphatic carbocycles. The van der Waals surface area contributed by atoms with E-state index in [1.807, 2.05) is 30.9 Å². The first-order chi connectivity index (χ1) is 9.66. The van der Waals surface area contributed by atoms with Gasteiger partial charge in [-0.15, -0.1) is 0 Å². The molecule has 0 aromatic carbocycles. The third kappa shape index (κ3) is 4.22. The largest absolute Gasteiger partial charge is 0.492 e. The molecule has 110 valence electrons. The molecule has 0 bridgehead atoms. The van der Waals surface area contributed by atoms with Gasteiger partial charge in [-0.1, -0.05) is 13.8 Å². The number of rotatable bonds is 5. The minimum atomic E-state index is 0.112. The predicted octanol–water partition coefficient (Wildman–Crippen LogP) is 2.75. The fourth-order valence-electron chi connectivity index (χ4n) is 2.58. The first kappa shape index (κ1) is 14.8. The van der Waals surface area contributed by atoms with Gasteiger partial charge >= 0.3 is 0 Å². The summed E-state index contributed by atoms with van der Waals surface area (Å²) < 4.78 is 5.68. The summed E-state index contributed by atoms with van der Waals surface area (Å²) in [5.74, 6) is 1.90. The number of nitrogens with zero attached hydrogens (tertiary/aromatic N) is 2. The summed E-state index contributed by atoms with van der Waals surface area (Å²) in [5.41, 5.74) is 0. The third-order valence-electron chi connectivity index (χ3n) is 3.85. The quantitative estimate of drug-likeness (QED) is 0.830. The molecule has 1 aromatic heterocycles. The van der Waals surface area contributed by atoms with Crippen molar-refractivity contribution < 1.29 is 9.53 Å². The highest BCUT2D eigenvalue weighted by Crippen LogP contribution is 2.22. The van der Waals surface area contributed by atoms with Crippen molar-refractivity contribution in [3.63, 3.8) is 0 Å². The Morgan fingerprint density at radius 3 is 2.80 bits per heavy atom. The number of likely N-dealkylation sites (tertiary alicyclic amines) is 1. The van der Waals surface area contributed by atoms with Gasteiger partial charge in [0.1, 0.15) is 5.75 Å². The summed E-state index contributed by atoms with van der Waals surface area (Å²) in [7, 11) is 0. The average molecular weight is 276 g/mol. The van der Waals surface area contributed by atoms with Crippen molar-refractivity contribution in [1.29, 1.82) is 0 Å². The van der Waals surface area contributed by atoms with Crippen LogP contribution in [0.25, 0.3) is 0 Å². The molecule has 0 spiro atoms. The molecule has 0 radical (unpaired) electrons. The van der Waals surface area contributed by atoms with Gasteiger partial charge in [0.25, 0.3) is 0 Å². The molecule has 4 nitrogen and oxygen atoms in total. The van der Waals surface area contributed by atoms with Crippen molar-refractivity contribution in [2.75, 3.05) is 19.7 Å². The fraction of sp³-hybridized carbons (Fsp3) is 0.625. The lowest BCUT2D eigenvalue weighted by Gasteiger charge is -2.33. The number of piperidine rings is 1. The van der Waals surface area contributed by atoms with Gasteiger partial charge in [-0.25, -0.2) is 0 Å². The van der Waals surface area contributed by atoms with Gasteiger partial charge in [0.15, 0.2) is 0 Å². The van der Waals surface area contributed by atoms with Gasteiger partial charge in [-0.05, 0) is 37.3 Å². The highest BCUT2D eigenvalue weighted by molar-refractivity contribution is 5.78. The monoisotopic (exact) mass is 276 g/mol. The van der Waals surface area contributed by atoms with Crippen molar-refractivity contribution in [3.8, 4) is 5.75 Å². The Hall–Kier alpha value is -1.58. The van der Waals surface area contributed by atoms with E-state index in [9.17, 15) is 4.79 Å².